The lowest BCUT2D eigenvalue weighted by Crippen LogP contribution is -2.41. The maximum Gasteiger partial charge on any atom is 0.281 e. The summed E-state index contributed by atoms with van der Waals surface area (Å²) >= 11 is 12.7. The van der Waals surface area contributed by atoms with Crippen molar-refractivity contribution in [2.75, 3.05) is 0 Å². The molecule has 0 aliphatic heterocycles. The SMILES string of the molecule is O=C(NNC(=O)c1sccc1Cl)c1ccc(Cl)cc1. The van der Waals surface area contributed by atoms with E-state index in [0.29, 0.717) is 20.5 Å². The van der Waals surface area contributed by atoms with Crippen molar-refractivity contribution >= 4 is 46.4 Å². The van der Waals surface area contributed by atoms with Crippen molar-refractivity contribution < 1.29 is 9.59 Å². The van der Waals surface area contributed by atoms with Gasteiger partial charge in [-0.05, 0) is 35.7 Å². The van der Waals surface area contributed by atoms with Crippen molar-refractivity contribution in [3.63, 3.8) is 0 Å². The molecule has 0 atom stereocenters. The molecule has 1 heterocycles. The first-order valence-corrected chi connectivity index (χ1v) is 6.80. The molecule has 1 aromatic carbocycles. The van der Waals surface area contributed by atoms with Crippen LogP contribution in [0.3, 0.4) is 0 Å². The molecular weight excluding hydrogens is 307 g/mol. The third-order valence-corrected chi connectivity index (χ3v) is 3.81. The van der Waals surface area contributed by atoms with Crippen LogP contribution in [-0.2, 0) is 0 Å². The smallest absolute Gasteiger partial charge is 0.267 e. The number of halogens is 2. The van der Waals surface area contributed by atoms with Crippen LogP contribution >= 0.6 is 34.5 Å². The number of benzene rings is 1. The molecule has 0 unspecified atom stereocenters. The highest BCUT2D eigenvalue weighted by atomic mass is 35.5. The zero-order chi connectivity index (χ0) is 13.8. The van der Waals surface area contributed by atoms with E-state index in [1.807, 2.05) is 0 Å². The number of hydrazine groups is 1. The van der Waals surface area contributed by atoms with Gasteiger partial charge in [0.15, 0.2) is 0 Å². The van der Waals surface area contributed by atoms with Crippen LogP contribution in [0.4, 0.5) is 0 Å². The molecule has 1 aromatic heterocycles. The molecule has 2 N–H and O–H groups in total. The van der Waals surface area contributed by atoms with E-state index >= 15 is 0 Å². The van der Waals surface area contributed by atoms with Crippen LogP contribution in [-0.4, -0.2) is 11.8 Å². The van der Waals surface area contributed by atoms with Crippen LogP contribution in [0.1, 0.15) is 20.0 Å². The van der Waals surface area contributed by atoms with E-state index < -0.39 is 11.8 Å². The number of carbonyl (C=O) groups is 2. The van der Waals surface area contributed by atoms with E-state index in [1.165, 1.54) is 11.3 Å². The Hall–Kier alpha value is -1.56. The molecule has 0 saturated carbocycles. The quantitative estimate of drug-likeness (QED) is 0.837. The second kappa shape index (κ2) is 6.06. The fourth-order valence-electron chi connectivity index (χ4n) is 1.30. The molecule has 98 valence electrons. The maximum absolute atomic E-state index is 11.7. The van der Waals surface area contributed by atoms with Crippen molar-refractivity contribution in [2.45, 2.75) is 0 Å². The zero-order valence-corrected chi connectivity index (χ0v) is 11.8. The van der Waals surface area contributed by atoms with Gasteiger partial charge in [-0.25, -0.2) is 0 Å². The van der Waals surface area contributed by atoms with Crippen LogP contribution in [0.25, 0.3) is 0 Å². The van der Waals surface area contributed by atoms with Gasteiger partial charge in [0.1, 0.15) is 4.88 Å². The van der Waals surface area contributed by atoms with Gasteiger partial charge in [-0.1, -0.05) is 23.2 Å². The number of rotatable bonds is 2. The molecule has 19 heavy (non-hydrogen) atoms. The van der Waals surface area contributed by atoms with Crippen molar-refractivity contribution in [3.05, 3.63) is 56.2 Å². The summed E-state index contributed by atoms with van der Waals surface area (Å²) in [7, 11) is 0. The highest BCUT2D eigenvalue weighted by Gasteiger charge is 2.13. The van der Waals surface area contributed by atoms with Crippen LogP contribution in [0.5, 0.6) is 0 Å². The Labute approximate surface area is 123 Å². The van der Waals surface area contributed by atoms with Crippen molar-refractivity contribution in [3.8, 4) is 0 Å². The monoisotopic (exact) mass is 314 g/mol. The molecule has 0 aliphatic carbocycles. The van der Waals surface area contributed by atoms with Gasteiger partial charge in [-0.2, -0.15) is 0 Å². The highest BCUT2D eigenvalue weighted by Crippen LogP contribution is 2.21. The van der Waals surface area contributed by atoms with Crippen molar-refractivity contribution in [1.82, 2.24) is 10.9 Å². The number of hydrogen-bond acceptors (Lipinski definition) is 3. The molecule has 0 saturated heterocycles. The van der Waals surface area contributed by atoms with Crippen molar-refractivity contribution in [1.29, 1.82) is 0 Å². The zero-order valence-electron chi connectivity index (χ0n) is 9.44. The van der Waals surface area contributed by atoms with Gasteiger partial charge in [0.2, 0.25) is 0 Å². The summed E-state index contributed by atoms with van der Waals surface area (Å²) < 4.78 is 0. The Balaban J connectivity index is 1.96. The molecule has 7 heteroatoms. The average Bonchev–Trinajstić information content (AvgIpc) is 2.83. The second-order valence-electron chi connectivity index (χ2n) is 3.51. The van der Waals surface area contributed by atoms with E-state index in [9.17, 15) is 9.59 Å². The molecule has 2 amide bonds. The Morgan fingerprint density at radius 2 is 1.58 bits per heavy atom. The Morgan fingerprint density at radius 3 is 2.16 bits per heavy atom. The number of amides is 2. The van der Waals surface area contributed by atoms with Crippen LogP contribution in [0.2, 0.25) is 10.0 Å². The Morgan fingerprint density at radius 1 is 0.947 bits per heavy atom. The molecule has 0 bridgehead atoms. The minimum Gasteiger partial charge on any atom is -0.267 e. The van der Waals surface area contributed by atoms with Crippen LogP contribution in [0, 0.1) is 0 Å². The molecule has 0 fully saturated rings. The number of thiophene rings is 1. The largest absolute Gasteiger partial charge is 0.281 e. The van der Waals surface area contributed by atoms with E-state index in [-0.39, 0.29) is 0 Å². The number of nitrogens with one attached hydrogen (secondary N) is 2. The second-order valence-corrected chi connectivity index (χ2v) is 5.27. The summed E-state index contributed by atoms with van der Waals surface area (Å²) in [6.07, 6.45) is 0. The topological polar surface area (TPSA) is 58.2 Å². The summed E-state index contributed by atoms with van der Waals surface area (Å²) in [5, 5.41) is 2.58. The van der Waals surface area contributed by atoms with Gasteiger partial charge in [-0.3, -0.25) is 20.4 Å². The van der Waals surface area contributed by atoms with Crippen LogP contribution < -0.4 is 10.9 Å². The molecule has 2 aromatic rings. The molecular formula is C12H8Cl2N2O2S. The van der Waals surface area contributed by atoms with Gasteiger partial charge in [0, 0.05) is 10.6 Å². The summed E-state index contributed by atoms with van der Waals surface area (Å²) in [5.74, 6) is -0.889. The van der Waals surface area contributed by atoms with E-state index in [1.54, 1.807) is 35.7 Å². The van der Waals surface area contributed by atoms with Crippen molar-refractivity contribution in [2.24, 2.45) is 0 Å². The Kier molecular flexibility index (Phi) is 4.42. The molecule has 2 rings (SSSR count). The van der Waals surface area contributed by atoms with E-state index in [4.69, 9.17) is 23.2 Å². The van der Waals surface area contributed by atoms with Gasteiger partial charge in [0.05, 0.1) is 5.02 Å². The van der Waals surface area contributed by atoms with E-state index in [0.717, 1.165) is 0 Å². The minimum absolute atomic E-state index is 0.345. The third kappa shape index (κ3) is 3.47. The van der Waals surface area contributed by atoms with Gasteiger partial charge in [-0.15, -0.1) is 11.3 Å². The predicted molar refractivity (Wildman–Crippen MR) is 75.7 cm³/mol. The fraction of sp³-hybridized carbons (Fsp3) is 0. The summed E-state index contributed by atoms with van der Waals surface area (Å²) in [6.45, 7) is 0. The summed E-state index contributed by atoms with van der Waals surface area (Å²) in [5.41, 5.74) is 4.98. The van der Waals surface area contributed by atoms with Gasteiger partial charge < -0.3 is 0 Å². The lowest BCUT2D eigenvalue weighted by molar-refractivity contribution is 0.0849. The first-order chi connectivity index (χ1) is 9.08. The average molecular weight is 315 g/mol. The minimum atomic E-state index is -0.456. The number of carbonyl (C=O) groups excluding carboxylic acids is 2. The molecule has 0 aliphatic rings. The van der Waals surface area contributed by atoms with Crippen LogP contribution in [0.15, 0.2) is 35.7 Å². The summed E-state index contributed by atoms with van der Waals surface area (Å²) in [6, 6.07) is 7.91. The Bertz CT molecular complexity index is 610. The first-order valence-electron chi connectivity index (χ1n) is 5.17. The first kappa shape index (κ1) is 13.9. The number of hydrogen-bond donors (Lipinski definition) is 2. The standard InChI is InChI=1S/C12H8Cl2N2O2S/c13-8-3-1-7(2-4-8)11(17)15-16-12(18)10-9(14)5-6-19-10/h1-6H,(H,15,17)(H,16,18). The van der Waals surface area contributed by atoms with Gasteiger partial charge in [0.25, 0.3) is 11.8 Å². The van der Waals surface area contributed by atoms with Gasteiger partial charge >= 0.3 is 0 Å². The maximum atomic E-state index is 11.7. The lowest BCUT2D eigenvalue weighted by atomic mass is 10.2. The lowest BCUT2D eigenvalue weighted by Gasteiger charge is -2.06. The van der Waals surface area contributed by atoms with E-state index in [2.05, 4.69) is 10.9 Å². The molecule has 0 radical (unpaired) electrons. The highest BCUT2D eigenvalue weighted by molar-refractivity contribution is 7.12. The normalized spacial score (nSPS) is 10.0. The molecule has 0 spiro atoms. The summed E-state index contributed by atoms with van der Waals surface area (Å²) in [4.78, 5) is 23.8. The fourth-order valence-corrected chi connectivity index (χ4v) is 2.46. The molecule has 4 nitrogen and oxygen atoms in total. The third-order valence-electron chi connectivity index (χ3n) is 2.22. The predicted octanol–water partition coefficient (Wildman–Crippen LogP) is 3.13.